The molecule has 0 saturated carbocycles. The van der Waals surface area contributed by atoms with Crippen LogP contribution in [-0.4, -0.2) is 17.9 Å². The number of carbonyl (C=O) groups is 2. The van der Waals surface area contributed by atoms with Gasteiger partial charge in [0.2, 0.25) is 5.91 Å². The number of anilines is 1. The molecular formula is C22H25FN2O2. The predicted octanol–water partition coefficient (Wildman–Crippen LogP) is 4.10. The van der Waals surface area contributed by atoms with Crippen LogP contribution in [0.3, 0.4) is 0 Å². The second kappa shape index (κ2) is 8.33. The number of carbonyl (C=O) groups excluding carboxylic acids is 2. The Morgan fingerprint density at radius 3 is 2.48 bits per heavy atom. The van der Waals surface area contributed by atoms with E-state index in [1.54, 1.807) is 0 Å². The maximum atomic E-state index is 13.1. The highest BCUT2D eigenvalue weighted by molar-refractivity contribution is 6.01. The zero-order valence-electron chi connectivity index (χ0n) is 15.7. The van der Waals surface area contributed by atoms with Crippen LogP contribution in [0.5, 0.6) is 0 Å². The lowest BCUT2D eigenvalue weighted by molar-refractivity contribution is -0.119. The predicted molar refractivity (Wildman–Crippen MR) is 104 cm³/mol. The van der Waals surface area contributed by atoms with E-state index in [1.807, 2.05) is 26.0 Å². The van der Waals surface area contributed by atoms with E-state index in [4.69, 9.17) is 0 Å². The maximum absolute atomic E-state index is 13.1. The Labute approximate surface area is 159 Å². The Kier molecular flexibility index (Phi) is 5.89. The summed E-state index contributed by atoms with van der Waals surface area (Å²) in [5, 5.41) is 5.74. The van der Waals surface area contributed by atoms with Gasteiger partial charge in [0.15, 0.2) is 0 Å². The van der Waals surface area contributed by atoms with Crippen molar-refractivity contribution in [2.75, 3.05) is 5.32 Å². The normalized spacial score (nSPS) is 14.9. The number of amides is 2. The largest absolute Gasteiger partial charge is 0.340 e. The highest BCUT2D eigenvalue weighted by Crippen LogP contribution is 2.25. The van der Waals surface area contributed by atoms with Gasteiger partial charge in [-0.15, -0.1) is 0 Å². The molecule has 142 valence electrons. The van der Waals surface area contributed by atoms with E-state index < -0.39 is 11.9 Å². The fourth-order valence-corrected chi connectivity index (χ4v) is 3.40. The minimum Gasteiger partial charge on any atom is -0.340 e. The van der Waals surface area contributed by atoms with Gasteiger partial charge >= 0.3 is 0 Å². The van der Waals surface area contributed by atoms with Crippen LogP contribution in [0, 0.1) is 11.7 Å². The molecule has 2 aromatic carbocycles. The molecule has 3 rings (SSSR count). The number of fused-ring (bicyclic) bond motifs is 1. The van der Waals surface area contributed by atoms with Gasteiger partial charge in [-0.1, -0.05) is 26.3 Å². The van der Waals surface area contributed by atoms with Crippen LogP contribution < -0.4 is 10.6 Å². The van der Waals surface area contributed by atoms with Crippen molar-refractivity contribution in [3.63, 3.8) is 0 Å². The van der Waals surface area contributed by atoms with Gasteiger partial charge in [-0.3, -0.25) is 9.59 Å². The molecule has 5 heteroatoms. The number of benzene rings is 2. The van der Waals surface area contributed by atoms with Crippen molar-refractivity contribution in [3.05, 3.63) is 65.0 Å². The molecule has 0 aromatic heterocycles. The molecule has 0 spiro atoms. The molecular weight excluding hydrogens is 343 g/mol. The Balaban J connectivity index is 1.72. The zero-order valence-corrected chi connectivity index (χ0v) is 15.7. The molecule has 4 nitrogen and oxygen atoms in total. The molecule has 0 bridgehead atoms. The summed E-state index contributed by atoms with van der Waals surface area (Å²) in [4.78, 5) is 25.3. The lowest BCUT2D eigenvalue weighted by atomic mass is 9.97. The molecule has 0 aliphatic heterocycles. The number of halogens is 1. The van der Waals surface area contributed by atoms with Crippen LogP contribution in [0.4, 0.5) is 10.1 Å². The molecule has 2 N–H and O–H groups in total. The molecule has 1 aliphatic rings. The van der Waals surface area contributed by atoms with E-state index in [-0.39, 0.29) is 17.7 Å². The molecule has 1 aliphatic carbocycles. The molecule has 27 heavy (non-hydrogen) atoms. The van der Waals surface area contributed by atoms with E-state index in [0.29, 0.717) is 5.56 Å². The summed E-state index contributed by atoms with van der Waals surface area (Å²) in [6, 6.07) is 10.6. The van der Waals surface area contributed by atoms with E-state index in [9.17, 15) is 14.0 Å². The van der Waals surface area contributed by atoms with Crippen LogP contribution in [0.1, 0.15) is 48.2 Å². The molecule has 0 heterocycles. The molecule has 2 unspecified atom stereocenters. The van der Waals surface area contributed by atoms with Crippen LogP contribution in [0.25, 0.3) is 0 Å². The van der Waals surface area contributed by atoms with E-state index in [2.05, 4.69) is 16.7 Å². The molecule has 2 atom stereocenters. The van der Waals surface area contributed by atoms with E-state index in [0.717, 1.165) is 31.4 Å². The average Bonchev–Trinajstić information content (AvgIpc) is 3.13. The summed E-state index contributed by atoms with van der Waals surface area (Å²) < 4.78 is 13.1. The van der Waals surface area contributed by atoms with Gasteiger partial charge in [0.25, 0.3) is 5.91 Å². The van der Waals surface area contributed by atoms with Crippen molar-refractivity contribution in [2.24, 2.45) is 5.92 Å². The first-order valence-corrected chi connectivity index (χ1v) is 9.47. The highest BCUT2D eigenvalue weighted by atomic mass is 19.1. The second-order valence-electron chi connectivity index (χ2n) is 7.17. The number of nitrogens with one attached hydrogen (secondary N) is 2. The molecule has 0 saturated heterocycles. The van der Waals surface area contributed by atoms with Gasteiger partial charge < -0.3 is 10.6 Å². The van der Waals surface area contributed by atoms with Crippen LogP contribution in [-0.2, 0) is 17.6 Å². The Morgan fingerprint density at radius 2 is 1.78 bits per heavy atom. The van der Waals surface area contributed by atoms with Crippen molar-refractivity contribution in [1.82, 2.24) is 5.32 Å². The van der Waals surface area contributed by atoms with Crippen molar-refractivity contribution >= 4 is 17.5 Å². The second-order valence-corrected chi connectivity index (χ2v) is 7.17. The van der Waals surface area contributed by atoms with Gasteiger partial charge in [0.05, 0.1) is 0 Å². The van der Waals surface area contributed by atoms with Crippen molar-refractivity contribution < 1.29 is 14.0 Å². The SMILES string of the molecule is CCC(C)C(NC(=O)c1ccc(F)cc1)C(=O)Nc1ccc2c(c1)CCC2. The maximum Gasteiger partial charge on any atom is 0.251 e. The van der Waals surface area contributed by atoms with Gasteiger partial charge in [0, 0.05) is 11.3 Å². The third kappa shape index (κ3) is 4.54. The first kappa shape index (κ1) is 19.1. The van der Waals surface area contributed by atoms with Crippen molar-refractivity contribution in [3.8, 4) is 0 Å². The molecule has 2 amide bonds. The van der Waals surface area contributed by atoms with Crippen LogP contribution >= 0.6 is 0 Å². The standard InChI is InChI=1S/C22H25FN2O2/c1-3-14(2)20(25-21(26)16-7-10-18(23)11-8-16)22(27)24-19-12-9-15-5-4-6-17(15)13-19/h7-14,20H,3-6H2,1-2H3,(H,24,27)(H,25,26). The van der Waals surface area contributed by atoms with Crippen molar-refractivity contribution in [1.29, 1.82) is 0 Å². The Hall–Kier alpha value is -2.69. The van der Waals surface area contributed by atoms with Crippen LogP contribution in [0.15, 0.2) is 42.5 Å². The number of hydrogen-bond donors (Lipinski definition) is 2. The van der Waals surface area contributed by atoms with Gasteiger partial charge in [-0.05, 0) is 72.7 Å². The number of hydrogen-bond acceptors (Lipinski definition) is 2. The minimum atomic E-state index is -0.666. The van der Waals surface area contributed by atoms with Crippen LogP contribution in [0.2, 0.25) is 0 Å². The fourth-order valence-electron chi connectivity index (χ4n) is 3.40. The Bertz CT molecular complexity index is 833. The quantitative estimate of drug-likeness (QED) is 0.807. The van der Waals surface area contributed by atoms with Crippen molar-refractivity contribution in [2.45, 2.75) is 45.6 Å². The fraction of sp³-hybridized carbons (Fsp3) is 0.364. The summed E-state index contributed by atoms with van der Waals surface area (Å²) in [6.07, 6.45) is 4.02. The Morgan fingerprint density at radius 1 is 1.07 bits per heavy atom. The van der Waals surface area contributed by atoms with Gasteiger partial charge in [-0.25, -0.2) is 4.39 Å². The smallest absolute Gasteiger partial charge is 0.251 e. The first-order chi connectivity index (χ1) is 13.0. The average molecular weight is 368 g/mol. The topological polar surface area (TPSA) is 58.2 Å². The lowest BCUT2D eigenvalue weighted by Crippen LogP contribution is -2.47. The van der Waals surface area contributed by atoms with E-state index in [1.165, 1.54) is 35.4 Å². The monoisotopic (exact) mass is 368 g/mol. The zero-order chi connectivity index (χ0) is 19.4. The summed E-state index contributed by atoms with van der Waals surface area (Å²) in [5.74, 6) is -1.06. The minimum absolute atomic E-state index is 0.0381. The molecule has 0 fully saturated rings. The highest BCUT2D eigenvalue weighted by Gasteiger charge is 2.26. The van der Waals surface area contributed by atoms with Gasteiger partial charge in [0.1, 0.15) is 11.9 Å². The summed E-state index contributed by atoms with van der Waals surface area (Å²) in [5.41, 5.74) is 3.71. The lowest BCUT2D eigenvalue weighted by Gasteiger charge is -2.24. The first-order valence-electron chi connectivity index (χ1n) is 9.47. The third-order valence-corrected chi connectivity index (χ3v) is 5.25. The number of aryl methyl sites for hydroxylation is 2. The summed E-state index contributed by atoms with van der Waals surface area (Å²) in [6.45, 7) is 3.91. The molecule has 0 radical (unpaired) electrons. The molecule has 2 aromatic rings. The summed E-state index contributed by atoms with van der Waals surface area (Å²) >= 11 is 0. The summed E-state index contributed by atoms with van der Waals surface area (Å²) in [7, 11) is 0. The van der Waals surface area contributed by atoms with Gasteiger partial charge in [-0.2, -0.15) is 0 Å². The number of rotatable bonds is 6. The third-order valence-electron chi connectivity index (χ3n) is 5.25. The van der Waals surface area contributed by atoms with E-state index >= 15 is 0 Å².